The van der Waals surface area contributed by atoms with E-state index in [4.69, 9.17) is 10.5 Å². The Morgan fingerprint density at radius 1 is 1.06 bits per heavy atom. The van der Waals surface area contributed by atoms with E-state index in [1.165, 1.54) is 11.1 Å². The zero-order valence-corrected chi connectivity index (χ0v) is 19.6. The monoisotopic (exact) mass is 423 g/mol. The van der Waals surface area contributed by atoms with E-state index in [1.807, 2.05) is 13.8 Å². The number of likely N-dealkylation sites (tertiary alicyclic amines) is 1. The van der Waals surface area contributed by atoms with Crippen molar-refractivity contribution in [1.82, 2.24) is 10.2 Å². The standard InChI is InChI=1S/C26H37N3O2/c1-17-18(2)20(4)25(24(27)19(17)3)31-21(5)26(30)28-23-12-15-29(16-13-23)14-11-22-9-7-6-8-10-22/h6-10,21,23H,11-16,27H2,1-5H3,(H,28,30). The van der Waals surface area contributed by atoms with Crippen molar-refractivity contribution < 1.29 is 9.53 Å². The topological polar surface area (TPSA) is 67.6 Å². The number of nitrogens with zero attached hydrogens (tertiary/aromatic N) is 1. The summed E-state index contributed by atoms with van der Waals surface area (Å²) in [7, 11) is 0. The number of nitrogen functional groups attached to an aromatic ring is 1. The molecule has 2 aromatic carbocycles. The molecule has 1 saturated heterocycles. The van der Waals surface area contributed by atoms with E-state index < -0.39 is 6.10 Å². The molecule has 1 aliphatic rings. The van der Waals surface area contributed by atoms with Crippen LogP contribution in [0.4, 0.5) is 5.69 Å². The second-order valence-corrected chi connectivity index (χ2v) is 8.86. The van der Waals surface area contributed by atoms with Gasteiger partial charge in [-0.2, -0.15) is 0 Å². The zero-order valence-electron chi connectivity index (χ0n) is 19.6. The summed E-state index contributed by atoms with van der Waals surface area (Å²) >= 11 is 0. The smallest absolute Gasteiger partial charge is 0.260 e. The van der Waals surface area contributed by atoms with Crippen LogP contribution >= 0.6 is 0 Å². The number of benzene rings is 2. The highest BCUT2D eigenvalue weighted by Crippen LogP contribution is 2.35. The van der Waals surface area contributed by atoms with Gasteiger partial charge in [-0.05, 0) is 81.7 Å². The Morgan fingerprint density at radius 2 is 1.68 bits per heavy atom. The minimum absolute atomic E-state index is 0.0718. The number of carbonyl (C=O) groups is 1. The molecule has 1 atom stereocenters. The summed E-state index contributed by atoms with van der Waals surface area (Å²) in [5, 5.41) is 3.18. The van der Waals surface area contributed by atoms with Crippen LogP contribution in [0.15, 0.2) is 30.3 Å². The lowest BCUT2D eigenvalue weighted by Gasteiger charge is -2.33. The van der Waals surface area contributed by atoms with Gasteiger partial charge in [-0.15, -0.1) is 0 Å². The van der Waals surface area contributed by atoms with Gasteiger partial charge >= 0.3 is 0 Å². The molecule has 0 radical (unpaired) electrons. The fourth-order valence-corrected chi connectivity index (χ4v) is 4.24. The van der Waals surface area contributed by atoms with Gasteiger partial charge in [0.05, 0.1) is 5.69 Å². The highest BCUT2D eigenvalue weighted by molar-refractivity contribution is 5.81. The van der Waals surface area contributed by atoms with E-state index in [0.29, 0.717) is 11.4 Å². The molecular formula is C26H37N3O2. The predicted octanol–water partition coefficient (Wildman–Crippen LogP) is 4.09. The molecule has 1 fully saturated rings. The lowest BCUT2D eigenvalue weighted by Crippen LogP contribution is -2.48. The van der Waals surface area contributed by atoms with Crippen LogP contribution in [0, 0.1) is 27.7 Å². The first-order valence-electron chi connectivity index (χ1n) is 11.4. The highest BCUT2D eigenvalue weighted by Gasteiger charge is 2.25. The zero-order chi connectivity index (χ0) is 22.5. The summed E-state index contributed by atoms with van der Waals surface area (Å²) in [5.74, 6) is 0.566. The molecule has 0 spiro atoms. The van der Waals surface area contributed by atoms with Gasteiger partial charge in [0.1, 0.15) is 5.75 Å². The minimum Gasteiger partial charge on any atom is -0.478 e. The maximum atomic E-state index is 12.8. The molecule has 1 aliphatic heterocycles. The lowest BCUT2D eigenvalue weighted by molar-refractivity contribution is -0.128. The molecule has 168 valence electrons. The van der Waals surface area contributed by atoms with Crippen molar-refractivity contribution in [3.05, 3.63) is 58.1 Å². The Bertz CT molecular complexity index is 874. The van der Waals surface area contributed by atoms with Crippen molar-refractivity contribution in [3.63, 3.8) is 0 Å². The van der Waals surface area contributed by atoms with Crippen molar-refractivity contribution in [2.24, 2.45) is 0 Å². The maximum Gasteiger partial charge on any atom is 0.260 e. The second-order valence-electron chi connectivity index (χ2n) is 8.86. The summed E-state index contributed by atoms with van der Waals surface area (Å²) in [6.07, 6.45) is 2.42. The van der Waals surface area contributed by atoms with Crippen LogP contribution in [0.3, 0.4) is 0 Å². The Morgan fingerprint density at radius 3 is 2.32 bits per heavy atom. The van der Waals surface area contributed by atoms with Crippen LogP contribution < -0.4 is 15.8 Å². The summed E-state index contributed by atoms with van der Waals surface area (Å²) < 4.78 is 6.06. The van der Waals surface area contributed by atoms with Gasteiger partial charge < -0.3 is 20.7 Å². The Balaban J connectivity index is 1.49. The maximum absolute atomic E-state index is 12.8. The van der Waals surface area contributed by atoms with Crippen molar-refractivity contribution in [2.75, 3.05) is 25.4 Å². The number of nitrogens with one attached hydrogen (secondary N) is 1. The Hall–Kier alpha value is -2.53. The molecule has 1 unspecified atom stereocenters. The molecule has 1 amide bonds. The molecular weight excluding hydrogens is 386 g/mol. The van der Waals surface area contributed by atoms with Crippen LogP contribution in [-0.2, 0) is 11.2 Å². The quantitative estimate of drug-likeness (QED) is 0.658. The van der Waals surface area contributed by atoms with Gasteiger partial charge in [0.15, 0.2) is 6.10 Å². The number of anilines is 1. The molecule has 1 heterocycles. The van der Waals surface area contributed by atoms with Gasteiger partial charge in [0, 0.05) is 25.7 Å². The number of amides is 1. The first kappa shape index (κ1) is 23.1. The van der Waals surface area contributed by atoms with Crippen molar-refractivity contribution >= 4 is 11.6 Å². The third-order valence-corrected chi connectivity index (χ3v) is 6.83. The van der Waals surface area contributed by atoms with Crippen LogP contribution in [-0.4, -0.2) is 42.6 Å². The van der Waals surface area contributed by atoms with Crippen molar-refractivity contribution in [1.29, 1.82) is 0 Å². The summed E-state index contributed by atoms with van der Waals surface area (Å²) in [4.78, 5) is 15.3. The largest absolute Gasteiger partial charge is 0.478 e. The van der Waals surface area contributed by atoms with E-state index in [1.54, 1.807) is 6.92 Å². The summed E-state index contributed by atoms with van der Waals surface area (Å²) in [6, 6.07) is 10.8. The molecule has 3 N–H and O–H groups in total. The third kappa shape index (κ3) is 5.59. The molecule has 31 heavy (non-hydrogen) atoms. The van der Waals surface area contributed by atoms with Gasteiger partial charge in [0.25, 0.3) is 5.91 Å². The van der Waals surface area contributed by atoms with E-state index in [2.05, 4.69) is 54.4 Å². The lowest BCUT2D eigenvalue weighted by atomic mass is 9.96. The van der Waals surface area contributed by atoms with Crippen LogP contribution in [0.5, 0.6) is 5.75 Å². The molecule has 0 aliphatic carbocycles. The number of ether oxygens (including phenoxy) is 1. The van der Waals surface area contributed by atoms with Crippen molar-refractivity contribution in [3.8, 4) is 5.75 Å². The van der Waals surface area contributed by atoms with E-state index in [0.717, 1.165) is 55.6 Å². The van der Waals surface area contributed by atoms with Crippen LogP contribution in [0.2, 0.25) is 0 Å². The average Bonchev–Trinajstić information content (AvgIpc) is 2.79. The van der Waals surface area contributed by atoms with Crippen LogP contribution in [0.25, 0.3) is 0 Å². The molecule has 0 aromatic heterocycles. The van der Waals surface area contributed by atoms with Gasteiger partial charge in [-0.25, -0.2) is 0 Å². The van der Waals surface area contributed by atoms with Crippen LogP contribution in [0.1, 0.15) is 47.6 Å². The Kier molecular flexibility index (Phi) is 7.60. The Labute approximate surface area is 187 Å². The molecule has 3 rings (SSSR count). The van der Waals surface area contributed by atoms with E-state index in [-0.39, 0.29) is 11.9 Å². The van der Waals surface area contributed by atoms with E-state index in [9.17, 15) is 4.79 Å². The number of piperidine rings is 1. The fraction of sp³-hybridized carbons (Fsp3) is 0.500. The number of nitrogens with two attached hydrogens (primary N) is 1. The normalized spacial score (nSPS) is 16.2. The van der Waals surface area contributed by atoms with Crippen molar-refractivity contribution in [2.45, 2.75) is 66.0 Å². The number of rotatable bonds is 7. The molecule has 2 aromatic rings. The second kappa shape index (κ2) is 10.2. The summed E-state index contributed by atoms with van der Waals surface area (Å²) in [5.41, 5.74) is 12.7. The molecule has 0 bridgehead atoms. The molecule has 5 nitrogen and oxygen atoms in total. The van der Waals surface area contributed by atoms with Gasteiger partial charge in [0.2, 0.25) is 0 Å². The van der Waals surface area contributed by atoms with E-state index >= 15 is 0 Å². The number of carbonyl (C=O) groups excluding carboxylic acids is 1. The highest BCUT2D eigenvalue weighted by atomic mass is 16.5. The average molecular weight is 424 g/mol. The first-order valence-corrected chi connectivity index (χ1v) is 11.4. The number of hydrogen-bond donors (Lipinski definition) is 2. The van der Waals surface area contributed by atoms with Gasteiger partial charge in [-0.1, -0.05) is 30.3 Å². The third-order valence-electron chi connectivity index (χ3n) is 6.83. The molecule has 5 heteroatoms. The fourth-order valence-electron chi connectivity index (χ4n) is 4.24. The molecule has 0 saturated carbocycles. The first-order chi connectivity index (χ1) is 14.8. The number of hydrogen-bond acceptors (Lipinski definition) is 4. The van der Waals surface area contributed by atoms with Gasteiger partial charge in [-0.3, -0.25) is 4.79 Å². The summed E-state index contributed by atoms with van der Waals surface area (Å²) in [6.45, 7) is 13.0. The minimum atomic E-state index is -0.585. The SMILES string of the molecule is Cc1c(C)c(C)c(OC(C)C(=O)NC2CCN(CCc3ccccc3)CC2)c(N)c1C. The predicted molar refractivity (Wildman–Crippen MR) is 128 cm³/mol.